The van der Waals surface area contributed by atoms with Crippen LogP contribution in [-0.4, -0.2) is 50.4 Å². The average molecular weight is 320 g/mol. The highest BCUT2D eigenvalue weighted by molar-refractivity contribution is 7.99. The summed E-state index contributed by atoms with van der Waals surface area (Å²) in [6, 6.07) is 7.85. The number of carbonyl (C=O) groups excluding carboxylic acids is 1. The minimum absolute atomic E-state index is 0.131. The third kappa shape index (κ3) is 4.02. The fraction of sp³-hybridized carbons (Fsp3) is 0.308. The largest absolute Gasteiger partial charge is 0.344 e. The van der Waals surface area contributed by atoms with Gasteiger partial charge in [0.2, 0.25) is 11.1 Å². The van der Waals surface area contributed by atoms with Gasteiger partial charge in [0.25, 0.3) is 0 Å². The van der Waals surface area contributed by atoms with Gasteiger partial charge >= 0.3 is 0 Å². The van der Waals surface area contributed by atoms with Gasteiger partial charge in [0.1, 0.15) is 5.82 Å². The van der Waals surface area contributed by atoms with Gasteiger partial charge in [-0.25, -0.2) is 4.39 Å². The number of tetrazole rings is 1. The number of aromatic nitrogens is 4. The van der Waals surface area contributed by atoms with Gasteiger partial charge in [-0.05, 0) is 28.6 Å². The van der Waals surface area contributed by atoms with Crippen LogP contribution in [0.2, 0.25) is 0 Å². The van der Waals surface area contributed by atoms with Gasteiger partial charge in [-0.3, -0.25) is 4.79 Å². The number of carbonyl (C=O) groups is 1. The summed E-state index contributed by atoms with van der Waals surface area (Å²) in [6.07, 6.45) is 0.286. The molecule has 0 aliphatic carbocycles. The second-order valence-corrected chi connectivity index (χ2v) is 5.31. The second kappa shape index (κ2) is 7.51. The first-order valence-corrected chi connectivity index (χ1v) is 7.38. The van der Waals surface area contributed by atoms with E-state index in [1.54, 1.807) is 19.2 Å². The molecule has 1 aromatic heterocycles. The molecule has 0 N–H and O–H groups in total. The average Bonchev–Trinajstić information content (AvgIpc) is 2.98. The zero-order chi connectivity index (χ0) is 15.9. The predicted molar refractivity (Wildman–Crippen MR) is 77.7 cm³/mol. The van der Waals surface area contributed by atoms with Crippen molar-refractivity contribution in [1.29, 1.82) is 5.26 Å². The summed E-state index contributed by atoms with van der Waals surface area (Å²) in [4.78, 5) is 13.4. The van der Waals surface area contributed by atoms with Crippen molar-refractivity contribution in [2.24, 2.45) is 0 Å². The van der Waals surface area contributed by atoms with Gasteiger partial charge in [-0.15, -0.1) is 5.10 Å². The Morgan fingerprint density at radius 3 is 3.09 bits per heavy atom. The number of hydrogen-bond donors (Lipinski definition) is 0. The van der Waals surface area contributed by atoms with E-state index in [2.05, 4.69) is 15.5 Å². The van der Waals surface area contributed by atoms with E-state index in [-0.39, 0.29) is 18.1 Å². The molecule has 2 rings (SSSR count). The Balaban J connectivity index is 2.02. The van der Waals surface area contributed by atoms with Crippen LogP contribution in [-0.2, 0) is 4.79 Å². The van der Waals surface area contributed by atoms with Gasteiger partial charge in [0, 0.05) is 13.6 Å². The first kappa shape index (κ1) is 15.9. The minimum atomic E-state index is -0.392. The Morgan fingerprint density at radius 2 is 2.36 bits per heavy atom. The molecule has 7 nitrogen and oxygen atoms in total. The summed E-state index contributed by atoms with van der Waals surface area (Å²) in [7, 11) is 1.63. The molecule has 0 bridgehead atoms. The zero-order valence-electron chi connectivity index (χ0n) is 11.8. The first-order valence-electron chi connectivity index (χ1n) is 6.40. The number of nitrogens with zero attached hydrogens (tertiary/aromatic N) is 6. The lowest BCUT2D eigenvalue weighted by molar-refractivity contribution is -0.127. The highest BCUT2D eigenvalue weighted by Crippen LogP contribution is 2.18. The number of amides is 1. The van der Waals surface area contributed by atoms with Gasteiger partial charge in [0.05, 0.1) is 23.9 Å². The van der Waals surface area contributed by atoms with E-state index >= 15 is 0 Å². The lowest BCUT2D eigenvalue weighted by Crippen LogP contribution is -2.29. The van der Waals surface area contributed by atoms with Crippen LogP contribution in [0.25, 0.3) is 5.69 Å². The van der Waals surface area contributed by atoms with Gasteiger partial charge < -0.3 is 4.90 Å². The van der Waals surface area contributed by atoms with Gasteiger partial charge in [-0.1, -0.05) is 17.8 Å². The topological polar surface area (TPSA) is 87.7 Å². The van der Waals surface area contributed by atoms with Crippen LogP contribution < -0.4 is 0 Å². The second-order valence-electron chi connectivity index (χ2n) is 4.37. The molecule has 0 saturated heterocycles. The van der Waals surface area contributed by atoms with Crippen molar-refractivity contribution >= 4 is 17.7 Å². The standard InChI is InChI=1S/C13H13FN6OS/c1-19(7-3-6-15)12(21)9-22-13-16-17-18-20(13)11-5-2-4-10(14)8-11/h2,4-5,8H,3,7,9H2,1H3. The molecule has 0 radical (unpaired) electrons. The van der Waals surface area contributed by atoms with E-state index in [4.69, 9.17) is 5.26 Å². The fourth-order valence-corrected chi connectivity index (χ4v) is 2.45. The molecule has 1 amide bonds. The van der Waals surface area contributed by atoms with Crippen molar-refractivity contribution in [3.8, 4) is 11.8 Å². The molecule has 0 aliphatic rings. The van der Waals surface area contributed by atoms with Gasteiger partial charge in [-0.2, -0.15) is 9.94 Å². The Kier molecular flexibility index (Phi) is 5.43. The van der Waals surface area contributed by atoms with E-state index in [9.17, 15) is 9.18 Å². The van der Waals surface area contributed by atoms with Crippen LogP contribution in [0, 0.1) is 17.1 Å². The Labute approximate surface area is 130 Å². The van der Waals surface area contributed by atoms with Crippen molar-refractivity contribution < 1.29 is 9.18 Å². The molecule has 0 fully saturated rings. The molecular formula is C13H13FN6OS. The van der Waals surface area contributed by atoms with Crippen LogP contribution in [0.15, 0.2) is 29.4 Å². The van der Waals surface area contributed by atoms with Crippen molar-refractivity contribution in [3.05, 3.63) is 30.1 Å². The van der Waals surface area contributed by atoms with Crippen LogP contribution in [0.1, 0.15) is 6.42 Å². The SMILES string of the molecule is CN(CCC#N)C(=O)CSc1nnnn1-c1cccc(F)c1. The van der Waals surface area contributed by atoms with Crippen molar-refractivity contribution in [3.63, 3.8) is 0 Å². The van der Waals surface area contributed by atoms with E-state index < -0.39 is 5.82 Å². The predicted octanol–water partition coefficient (Wildman–Crippen LogP) is 1.27. The molecular weight excluding hydrogens is 307 g/mol. The molecule has 2 aromatic rings. The maximum Gasteiger partial charge on any atom is 0.232 e. The van der Waals surface area contributed by atoms with Crippen molar-refractivity contribution in [2.75, 3.05) is 19.3 Å². The van der Waals surface area contributed by atoms with Crippen molar-refractivity contribution in [1.82, 2.24) is 25.1 Å². The smallest absolute Gasteiger partial charge is 0.232 e. The Bertz CT molecular complexity index is 698. The Hall–Kier alpha value is -2.47. The summed E-state index contributed by atoms with van der Waals surface area (Å²) in [5.41, 5.74) is 0.484. The number of halogens is 1. The number of rotatable bonds is 6. The summed E-state index contributed by atoms with van der Waals surface area (Å²) in [5, 5.41) is 20.1. The number of thioether (sulfide) groups is 1. The lowest BCUT2D eigenvalue weighted by atomic mass is 10.3. The highest BCUT2D eigenvalue weighted by Gasteiger charge is 2.14. The van der Waals surface area contributed by atoms with Crippen LogP contribution in [0.3, 0.4) is 0 Å². The maximum absolute atomic E-state index is 13.3. The summed E-state index contributed by atoms with van der Waals surface area (Å²) in [6.45, 7) is 0.380. The summed E-state index contributed by atoms with van der Waals surface area (Å²) >= 11 is 1.15. The third-order valence-electron chi connectivity index (χ3n) is 2.80. The van der Waals surface area contributed by atoms with Crippen molar-refractivity contribution in [2.45, 2.75) is 11.6 Å². The van der Waals surface area contributed by atoms with Crippen LogP contribution in [0.5, 0.6) is 0 Å². The quantitative estimate of drug-likeness (QED) is 0.745. The van der Waals surface area contributed by atoms with E-state index in [1.807, 2.05) is 6.07 Å². The zero-order valence-corrected chi connectivity index (χ0v) is 12.6. The number of nitriles is 1. The molecule has 1 heterocycles. The lowest BCUT2D eigenvalue weighted by Gasteiger charge is -2.14. The van der Waals surface area contributed by atoms with Crippen LogP contribution >= 0.6 is 11.8 Å². The van der Waals surface area contributed by atoms with Crippen LogP contribution in [0.4, 0.5) is 4.39 Å². The monoisotopic (exact) mass is 320 g/mol. The summed E-state index contributed by atoms with van der Waals surface area (Å²) < 4.78 is 14.6. The van der Waals surface area contributed by atoms with E-state index in [0.29, 0.717) is 17.4 Å². The molecule has 9 heteroatoms. The third-order valence-corrected chi connectivity index (χ3v) is 3.71. The van der Waals surface area contributed by atoms with E-state index in [1.165, 1.54) is 21.7 Å². The Morgan fingerprint density at radius 1 is 1.55 bits per heavy atom. The van der Waals surface area contributed by atoms with Gasteiger partial charge in [0.15, 0.2) is 0 Å². The molecule has 0 spiro atoms. The molecule has 0 unspecified atom stereocenters. The minimum Gasteiger partial charge on any atom is -0.344 e. The first-order chi connectivity index (χ1) is 10.6. The number of benzene rings is 1. The fourth-order valence-electron chi connectivity index (χ4n) is 1.62. The molecule has 114 valence electrons. The number of hydrogen-bond acceptors (Lipinski definition) is 6. The highest BCUT2D eigenvalue weighted by atomic mass is 32.2. The maximum atomic E-state index is 13.3. The normalized spacial score (nSPS) is 10.2. The molecule has 0 atom stereocenters. The molecule has 22 heavy (non-hydrogen) atoms. The molecule has 0 saturated carbocycles. The molecule has 1 aromatic carbocycles. The molecule has 0 aliphatic heterocycles. The summed E-state index contributed by atoms with van der Waals surface area (Å²) in [5.74, 6) is -0.386. The van der Waals surface area contributed by atoms with E-state index in [0.717, 1.165) is 11.8 Å².